The first-order valence-electron chi connectivity index (χ1n) is 6.78. The van der Waals surface area contributed by atoms with Crippen LogP contribution in [0.3, 0.4) is 0 Å². The minimum absolute atomic E-state index is 0.131. The van der Waals surface area contributed by atoms with Crippen molar-refractivity contribution in [1.82, 2.24) is 5.32 Å². The molecule has 0 amide bonds. The highest BCUT2D eigenvalue weighted by Gasteiger charge is 2.32. The Hall–Kier alpha value is -0.370. The standard InChI is InChI=1S/C14H27NO/c1-12(2)7-8-13(16)11-14(15-3)9-5-4-6-10-14/h12,15H,4-11H2,1-3H3. The lowest BCUT2D eigenvalue weighted by atomic mass is 9.78. The molecule has 0 spiro atoms. The molecule has 0 atom stereocenters. The van der Waals surface area contributed by atoms with Gasteiger partial charge in [0, 0.05) is 18.4 Å². The molecule has 0 aromatic heterocycles. The quantitative estimate of drug-likeness (QED) is 0.751. The number of nitrogens with one attached hydrogen (secondary N) is 1. The lowest BCUT2D eigenvalue weighted by Crippen LogP contribution is -2.46. The molecule has 1 aliphatic rings. The Balaban J connectivity index is 2.39. The Bertz CT molecular complexity index is 217. The molecule has 1 fully saturated rings. The van der Waals surface area contributed by atoms with Crippen molar-refractivity contribution < 1.29 is 4.79 Å². The van der Waals surface area contributed by atoms with Crippen LogP contribution in [0.5, 0.6) is 0 Å². The molecule has 0 radical (unpaired) electrons. The third-order valence-corrected chi connectivity index (χ3v) is 3.88. The fraction of sp³-hybridized carbons (Fsp3) is 0.929. The van der Waals surface area contributed by atoms with Crippen LogP contribution in [0.15, 0.2) is 0 Å². The van der Waals surface area contributed by atoms with Crippen LogP contribution in [0.25, 0.3) is 0 Å². The molecule has 0 heterocycles. The van der Waals surface area contributed by atoms with Crippen LogP contribution in [0.2, 0.25) is 0 Å². The number of ketones is 1. The van der Waals surface area contributed by atoms with Gasteiger partial charge in [-0.05, 0) is 32.2 Å². The zero-order valence-corrected chi connectivity index (χ0v) is 11.1. The summed E-state index contributed by atoms with van der Waals surface area (Å²) in [6.07, 6.45) is 8.80. The van der Waals surface area contributed by atoms with Gasteiger partial charge in [0.05, 0.1) is 0 Å². The molecule has 16 heavy (non-hydrogen) atoms. The lowest BCUT2D eigenvalue weighted by Gasteiger charge is -2.36. The van der Waals surface area contributed by atoms with Crippen molar-refractivity contribution in [2.45, 2.75) is 70.8 Å². The van der Waals surface area contributed by atoms with Crippen LogP contribution in [0.1, 0.15) is 65.2 Å². The molecule has 94 valence electrons. The molecular formula is C14H27NO. The first-order chi connectivity index (χ1) is 7.58. The summed E-state index contributed by atoms with van der Waals surface area (Å²) in [4.78, 5) is 11.9. The van der Waals surface area contributed by atoms with Gasteiger partial charge in [0.1, 0.15) is 5.78 Å². The minimum atomic E-state index is 0.131. The van der Waals surface area contributed by atoms with Crippen molar-refractivity contribution in [2.75, 3.05) is 7.05 Å². The van der Waals surface area contributed by atoms with Crippen LogP contribution in [-0.2, 0) is 4.79 Å². The number of Topliss-reactive ketones (excluding diaryl/α,β-unsaturated/α-hetero) is 1. The number of carbonyl (C=O) groups is 1. The van der Waals surface area contributed by atoms with E-state index in [0.29, 0.717) is 11.7 Å². The van der Waals surface area contributed by atoms with Crippen molar-refractivity contribution in [3.8, 4) is 0 Å². The molecule has 0 aromatic rings. The average Bonchev–Trinajstić information content (AvgIpc) is 2.28. The van der Waals surface area contributed by atoms with Gasteiger partial charge in [0.2, 0.25) is 0 Å². The van der Waals surface area contributed by atoms with Gasteiger partial charge in [-0.25, -0.2) is 0 Å². The number of hydrogen-bond acceptors (Lipinski definition) is 2. The van der Waals surface area contributed by atoms with Crippen molar-refractivity contribution in [3.05, 3.63) is 0 Å². The van der Waals surface area contributed by atoms with Crippen LogP contribution < -0.4 is 5.32 Å². The predicted molar refractivity (Wildman–Crippen MR) is 68.6 cm³/mol. The Morgan fingerprint density at radius 2 is 1.88 bits per heavy atom. The lowest BCUT2D eigenvalue weighted by molar-refractivity contribution is -0.121. The third-order valence-electron chi connectivity index (χ3n) is 3.88. The Labute approximate surface area is 100 Å². The van der Waals surface area contributed by atoms with E-state index in [0.717, 1.165) is 19.3 Å². The zero-order chi connectivity index (χ0) is 12.0. The summed E-state index contributed by atoms with van der Waals surface area (Å²) < 4.78 is 0. The highest BCUT2D eigenvalue weighted by molar-refractivity contribution is 5.79. The molecule has 0 aromatic carbocycles. The molecule has 1 aliphatic carbocycles. The average molecular weight is 225 g/mol. The second kappa shape index (κ2) is 6.39. The number of carbonyl (C=O) groups excluding carboxylic acids is 1. The van der Waals surface area contributed by atoms with Gasteiger partial charge in [0.15, 0.2) is 0 Å². The Morgan fingerprint density at radius 3 is 2.38 bits per heavy atom. The zero-order valence-electron chi connectivity index (χ0n) is 11.1. The molecule has 0 unspecified atom stereocenters. The fourth-order valence-electron chi connectivity index (χ4n) is 2.66. The molecule has 2 heteroatoms. The highest BCUT2D eigenvalue weighted by atomic mass is 16.1. The molecule has 0 bridgehead atoms. The SMILES string of the molecule is CNC1(CC(=O)CCC(C)C)CCCCC1. The monoisotopic (exact) mass is 225 g/mol. The predicted octanol–water partition coefficient (Wildman–Crippen LogP) is 3.30. The molecule has 2 nitrogen and oxygen atoms in total. The van der Waals surface area contributed by atoms with Gasteiger partial charge in [-0.3, -0.25) is 4.79 Å². The third kappa shape index (κ3) is 4.25. The van der Waals surface area contributed by atoms with Crippen LogP contribution in [0, 0.1) is 5.92 Å². The molecule has 1 rings (SSSR count). The van der Waals surface area contributed by atoms with Gasteiger partial charge in [-0.15, -0.1) is 0 Å². The van der Waals surface area contributed by atoms with Crippen LogP contribution in [0.4, 0.5) is 0 Å². The van der Waals surface area contributed by atoms with Crippen LogP contribution in [-0.4, -0.2) is 18.4 Å². The summed E-state index contributed by atoms with van der Waals surface area (Å²) in [5.41, 5.74) is 0.131. The normalized spacial score (nSPS) is 20.0. The van der Waals surface area contributed by atoms with E-state index < -0.39 is 0 Å². The summed E-state index contributed by atoms with van der Waals surface area (Å²) in [6, 6.07) is 0. The summed E-state index contributed by atoms with van der Waals surface area (Å²) >= 11 is 0. The molecule has 0 aliphatic heterocycles. The van der Waals surface area contributed by atoms with E-state index in [4.69, 9.17) is 0 Å². The second-order valence-electron chi connectivity index (χ2n) is 5.74. The molecule has 1 saturated carbocycles. The van der Waals surface area contributed by atoms with E-state index in [1.165, 1.54) is 32.1 Å². The molecule has 0 saturated heterocycles. The number of rotatable bonds is 6. The van der Waals surface area contributed by atoms with E-state index in [-0.39, 0.29) is 5.54 Å². The fourth-order valence-corrected chi connectivity index (χ4v) is 2.66. The first kappa shape index (κ1) is 13.7. The van der Waals surface area contributed by atoms with E-state index >= 15 is 0 Å². The van der Waals surface area contributed by atoms with E-state index in [2.05, 4.69) is 19.2 Å². The topological polar surface area (TPSA) is 29.1 Å². The maximum absolute atomic E-state index is 11.9. The van der Waals surface area contributed by atoms with Gasteiger partial charge in [-0.2, -0.15) is 0 Å². The summed E-state index contributed by atoms with van der Waals surface area (Å²) in [5.74, 6) is 1.09. The van der Waals surface area contributed by atoms with Crippen molar-refractivity contribution in [1.29, 1.82) is 0 Å². The van der Waals surface area contributed by atoms with Crippen LogP contribution >= 0.6 is 0 Å². The smallest absolute Gasteiger partial charge is 0.134 e. The summed E-state index contributed by atoms with van der Waals surface area (Å²) in [6.45, 7) is 4.36. The van der Waals surface area contributed by atoms with E-state index in [1.807, 2.05) is 7.05 Å². The summed E-state index contributed by atoms with van der Waals surface area (Å²) in [5, 5.41) is 3.42. The van der Waals surface area contributed by atoms with Crippen molar-refractivity contribution in [3.63, 3.8) is 0 Å². The second-order valence-corrected chi connectivity index (χ2v) is 5.74. The van der Waals surface area contributed by atoms with E-state index in [1.54, 1.807) is 0 Å². The summed E-state index contributed by atoms with van der Waals surface area (Å²) in [7, 11) is 2.01. The maximum atomic E-state index is 11.9. The van der Waals surface area contributed by atoms with Gasteiger partial charge in [0.25, 0.3) is 0 Å². The highest BCUT2D eigenvalue weighted by Crippen LogP contribution is 2.31. The largest absolute Gasteiger partial charge is 0.314 e. The minimum Gasteiger partial charge on any atom is -0.314 e. The van der Waals surface area contributed by atoms with Gasteiger partial charge in [-0.1, -0.05) is 33.1 Å². The molecule has 1 N–H and O–H groups in total. The van der Waals surface area contributed by atoms with Gasteiger partial charge < -0.3 is 5.32 Å². The molecular weight excluding hydrogens is 198 g/mol. The van der Waals surface area contributed by atoms with Crippen molar-refractivity contribution >= 4 is 5.78 Å². The Kier molecular flexibility index (Phi) is 5.47. The van der Waals surface area contributed by atoms with Gasteiger partial charge >= 0.3 is 0 Å². The number of hydrogen-bond donors (Lipinski definition) is 1. The van der Waals surface area contributed by atoms with Crippen molar-refractivity contribution in [2.24, 2.45) is 5.92 Å². The maximum Gasteiger partial charge on any atom is 0.134 e. The first-order valence-corrected chi connectivity index (χ1v) is 6.78. The van der Waals surface area contributed by atoms with E-state index in [9.17, 15) is 4.79 Å². The Morgan fingerprint density at radius 1 is 1.25 bits per heavy atom.